The molecule has 142 valence electrons. The Morgan fingerprint density at radius 2 is 1.00 bits per heavy atom. The molecule has 0 saturated carbocycles. The maximum atomic E-state index is 9.68. The number of rotatable bonds is 5. The lowest BCUT2D eigenvalue weighted by Crippen LogP contribution is -2.33. The molecule has 3 aromatic rings. The van der Waals surface area contributed by atoms with Crippen LogP contribution in [0, 0.1) is 0 Å². The molecule has 0 fully saturated rings. The van der Waals surface area contributed by atoms with Crippen LogP contribution in [0.2, 0.25) is 0 Å². The molecular formula is C22H25NO3S. The van der Waals surface area contributed by atoms with Crippen molar-refractivity contribution in [1.82, 2.24) is 4.48 Å². The van der Waals surface area contributed by atoms with Gasteiger partial charge in [0, 0.05) is 5.75 Å². The van der Waals surface area contributed by atoms with Crippen LogP contribution >= 0.6 is 0 Å². The van der Waals surface area contributed by atoms with Gasteiger partial charge in [-0.05, 0) is 42.8 Å². The van der Waals surface area contributed by atoms with Gasteiger partial charge in [-0.3, -0.25) is 0 Å². The third-order valence-corrected chi connectivity index (χ3v) is 5.18. The number of benzene rings is 3. The minimum atomic E-state index is -3.92. The highest BCUT2D eigenvalue weighted by Crippen LogP contribution is 2.41. The van der Waals surface area contributed by atoms with Gasteiger partial charge in [-0.25, -0.2) is 12.9 Å². The first-order valence-corrected chi connectivity index (χ1v) is 10.4. The van der Waals surface area contributed by atoms with E-state index in [0.717, 1.165) is 0 Å². The monoisotopic (exact) mass is 383 g/mol. The van der Waals surface area contributed by atoms with Crippen molar-refractivity contribution in [2.75, 3.05) is 12.8 Å². The first-order valence-electron chi connectivity index (χ1n) is 8.85. The Labute approximate surface area is 162 Å². The second-order valence-electron chi connectivity index (χ2n) is 6.27. The summed E-state index contributed by atoms with van der Waals surface area (Å²) in [7, 11) is -1.69. The van der Waals surface area contributed by atoms with Gasteiger partial charge in [0.25, 0.3) is 0 Å². The highest BCUT2D eigenvalue weighted by atomic mass is 32.2. The summed E-state index contributed by atoms with van der Waals surface area (Å²) in [6.45, 7) is 1.65. The minimum Gasteiger partial charge on any atom is -0.748 e. The van der Waals surface area contributed by atoms with Gasteiger partial charge in [-0.2, -0.15) is 0 Å². The largest absolute Gasteiger partial charge is 0.748 e. The van der Waals surface area contributed by atoms with Gasteiger partial charge in [0.05, 0.1) is 17.2 Å². The molecule has 3 rings (SSSR count). The van der Waals surface area contributed by atoms with Crippen LogP contribution in [0.25, 0.3) is 0 Å². The topological polar surface area (TPSA) is 57.2 Å². The summed E-state index contributed by atoms with van der Waals surface area (Å²) >= 11 is 0. The van der Waals surface area contributed by atoms with Crippen LogP contribution < -0.4 is 4.48 Å². The van der Waals surface area contributed by atoms with Crippen LogP contribution in [0.4, 0.5) is 17.1 Å². The fourth-order valence-corrected chi connectivity index (χ4v) is 3.38. The maximum Gasteiger partial charge on any atom is 0.142 e. The average Bonchev–Trinajstić information content (AvgIpc) is 2.69. The van der Waals surface area contributed by atoms with Gasteiger partial charge in [0.2, 0.25) is 0 Å². The van der Waals surface area contributed by atoms with E-state index in [-0.39, 0.29) is 5.75 Å². The quantitative estimate of drug-likeness (QED) is 0.448. The number of hydrogen-bond donors (Lipinski definition) is 0. The SMILES string of the molecule is CCCS(=O)(=O)[O-].C[N+](c1ccccc1)(c1ccccc1)c1ccccc1. The highest BCUT2D eigenvalue weighted by Gasteiger charge is 2.30. The van der Waals surface area contributed by atoms with Crippen LogP contribution in [-0.2, 0) is 10.1 Å². The summed E-state index contributed by atoms with van der Waals surface area (Å²) in [6.07, 6.45) is 0.409. The number of quaternary nitrogens is 1. The van der Waals surface area contributed by atoms with Gasteiger partial charge in [-0.15, -0.1) is 0 Å². The maximum absolute atomic E-state index is 9.68. The lowest BCUT2D eigenvalue weighted by atomic mass is 10.1. The zero-order valence-corrected chi connectivity index (χ0v) is 16.5. The van der Waals surface area contributed by atoms with E-state index in [0.29, 0.717) is 10.9 Å². The van der Waals surface area contributed by atoms with Crippen LogP contribution in [0.15, 0.2) is 91.0 Å². The molecule has 0 radical (unpaired) electrons. The Bertz CT molecular complexity index is 815. The molecule has 0 aliphatic carbocycles. The minimum absolute atomic E-state index is 0.243. The van der Waals surface area contributed by atoms with E-state index in [9.17, 15) is 13.0 Å². The molecule has 0 atom stereocenters. The molecule has 0 bridgehead atoms. The van der Waals surface area contributed by atoms with Crippen molar-refractivity contribution in [3.05, 3.63) is 91.0 Å². The van der Waals surface area contributed by atoms with Gasteiger partial charge in [0.15, 0.2) is 0 Å². The lowest BCUT2D eigenvalue weighted by molar-refractivity contribution is 0.462. The molecule has 5 heteroatoms. The lowest BCUT2D eigenvalue weighted by Gasteiger charge is -2.33. The standard InChI is InChI=1S/C19H18N.C3H8O3S/c1-20(17-11-5-2-6-12-17,18-13-7-3-8-14-18)19-15-9-4-10-16-19;1-2-3-7(4,5)6/h2-16H,1H3;2-3H2,1H3,(H,4,5,6)/q+1;/p-1. The molecule has 0 aliphatic heterocycles. The molecule has 0 aromatic heterocycles. The Balaban J connectivity index is 0.000000321. The molecule has 0 saturated heterocycles. The molecule has 0 amide bonds. The number of nitrogens with zero attached hydrogens (tertiary/aromatic N) is 1. The zero-order chi connectivity index (χ0) is 19.8. The molecular weight excluding hydrogens is 358 g/mol. The van der Waals surface area contributed by atoms with Crippen LogP contribution in [0.1, 0.15) is 13.3 Å². The summed E-state index contributed by atoms with van der Waals surface area (Å²) in [6, 6.07) is 31.8. The van der Waals surface area contributed by atoms with Crippen molar-refractivity contribution >= 4 is 27.2 Å². The van der Waals surface area contributed by atoms with Crippen molar-refractivity contribution in [3.63, 3.8) is 0 Å². The van der Waals surface area contributed by atoms with Crippen LogP contribution in [-0.4, -0.2) is 25.8 Å². The van der Waals surface area contributed by atoms with E-state index in [1.165, 1.54) is 17.1 Å². The first-order chi connectivity index (χ1) is 12.9. The Morgan fingerprint density at radius 1 is 0.704 bits per heavy atom. The van der Waals surface area contributed by atoms with Gasteiger partial charge >= 0.3 is 0 Å². The molecule has 0 N–H and O–H groups in total. The smallest absolute Gasteiger partial charge is 0.142 e. The molecule has 0 aliphatic rings. The van der Waals surface area contributed by atoms with Crippen molar-refractivity contribution in [2.24, 2.45) is 0 Å². The highest BCUT2D eigenvalue weighted by molar-refractivity contribution is 7.85. The molecule has 27 heavy (non-hydrogen) atoms. The van der Waals surface area contributed by atoms with Crippen molar-refractivity contribution in [3.8, 4) is 0 Å². The predicted octanol–water partition coefficient (Wildman–Crippen LogP) is 5.23. The number of para-hydroxylation sites is 3. The summed E-state index contributed by atoms with van der Waals surface area (Å²) in [5, 5.41) is 0. The van der Waals surface area contributed by atoms with Crippen molar-refractivity contribution in [1.29, 1.82) is 0 Å². The third-order valence-electron chi connectivity index (χ3n) is 4.27. The van der Waals surface area contributed by atoms with Crippen molar-refractivity contribution < 1.29 is 13.0 Å². The van der Waals surface area contributed by atoms with E-state index < -0.39 is 10.1 Å². The number of hydrogen-bond acceptors (Lipinski definition) is 3. The van der Waals surface area contributed by atoms with Gasteiger partial charge in [-0.1, -0.05) is 61.5 Å². The molecule has 0 unspecified atom stereocenters. The normalized spacial score (nSPS) is 11.4. The summed E-state index contributed by atoms with van der Waals surface area (Å²) in [4.78, 5) is 0. The second kappa shape index (κ2) is 9.46. The summed E-state index contributed by atoms with van der Waals surface area (Å²) < 4.78 is 29.7. The molecule has 3 aromatic carbocycles. The van der Waals surface area contributed by atoms with Gasteiger partial charge in [0.1, 0.15) is 17.1 Å². The van der Waals surface area contributed by atoms with Crippen LogP contribution in [0.5, 0.6) is 0 Å². The van der Waals surface area contributed by atoms with E-state index >= 15 is 0 Å². The third kappa shape index (κ3) is 5.76. The Morgan fingerprint density at radius 3 is 1.19 bits per heavy atom. The molecule has 4 nitrogen and oxygen atoms in total. The fourth-order valence-electron chi connectivity index (χ4n) is 2.88. The summed E-state index contributed by atoms with van der Waals surface area (Å²) in [5.41, 5.74) is 3.76. The van der Waals surface area contributed by atoms with Crippen LogP contribution in [0.3, 0.4) is 0 Å². The summed E-state index contributed by atoms with van der Waals surface area (Å²) in [5.74, 6) is -0.243. The Hall–Kier alpha value is -2.47. The fraction of sp³-hybridized carbons (Fsp3) is 0.182. The second-order valence-corrected chi connectivity index (χ2v) is 7.80. The average molecular weight is 384 g/mol. The molecule has 0 spiro atoms. The van der Waals surface area contributed by atoms with E-state index in [2.05, 4.69) is 98.0 Å². The van der Waals surface area contributed by atoms with E-state index in [1.807, 2.05) is 0 Å². The zero-order valence-electron chi connectivity index (χ0n) is 15.7. The van der Waals surface area contributed by atoms with Crippen molar-refractivity contribution in [2.45, 2.75) is 13.3 Å². The Kier molecular flexibility index (Phi) is 7.30. The predicted molar refractivity (Wildman–Crippen MR) is 111 cm³/mol. The molecule has 0 heterocycles. The first kappa shape index (κ1) is 20.8. The van der Waals surface area contributed by atoms with E-state index in [1.54, 1.807) is 6.92 Å². The van der Waals surface area contributed by atoms with E-state index in [4.69, 9.17) is 0 Å². The van der Waals surface area contributed by atoms with Gasteiger partial charge < -0.3 is 4.55 Å².